The Morgan fingerprint density at radius 1 is 0.602 bits per heavy atom. The lowest BCUT2D eigenvalue weighted by Gasteiger charge is -2.44. The van der Waals surface area contributed by atoms with Crippen molar-refractivity contribution in [2.24, 2.45) is 0 Å². The highest BCUT2D eigenvalue weighted by molar-refractivity contribution is 7.99. The number of aromatic nitrogens is 6. The fourth-order valence-electron chi connectivity index (χ4n) is 12.7. The molecule has 2 aliphatic rings. The monoisotopic (exact) mass is 1640 g/mol. The molecule has 5 heterocycles. The summed E-state index contributed by atoms with van der Waals surface area (Å²) < 4.78 is 65.8. The first-order chi connectivity index (χ1) is 52.3. The van der Waals surface area contributed by atoms with Gasteiger partial charge in [0.15, 0.2) is 56.5 Å². The maximum Gasteiger partial charge on any atom is 0.408 e. The molecule has 3 N–H and O–H groups in total. The van der Waals surface area contributed by atoms with E-state index in [9.17, 15) is 14.4 Å². The van der Waals surface area contributed by atoms with Gasteiger partial charge >= 0.3 is 17.8 Å². The van der Waals surface area contributed by atoms with Crippen LogP contribution >= 0.6 is 11.8 Å². The molecule has 113 heavy (non-hydrogen) atoms. The highest BCUT2D eigenvalue weighted by Crippen LogP contribution is 2.49. The second-order valence-corrected chi connectivity index (χ2v) is 58.3. The number of nitrogens with zero attached hydrogens (tertiary/aromatic N) is 7. The van der Waals surface area contributed by atoms with E-state index in [0.29, 0.717) is 51.9 Å². The minimum absolute atomic E-state index is 0.0718. The Kier molecular flexibility index (Phi) is 27.9. The van der Waals surface area contributed by atoms with E-state index in [1.165, 1.54) is 18.1 Å². The van der Waals surface area contributed by atoms with Crippen molar-refractivity contribution >= 4 is 85.8 Å². The van der Waals surface area contributed by atoms with E-state index < -0.39 is 117 Å². The Hall–Kier alpha value is -6.94. The number of imidazole rings is 1. The standard InChI is InChI=1S/C85H128N10O13SSi4/c1-79(2,3)104-76(97)62(89-78(99)105-80(4,5)6)47-48-93(52-64-69(107-112(24,25)83(13,14)15)70(108-113(26,27)84(16,17)18)75(103-64)95-56-88-68-72(86-55-87-73(68)95)90-74(96)57-37-31-28-32-38-57)49-50-109-66-53-94(67-51-63(106-111(22,23)82(10,11)12)65(102-67)54-101-110(20,21)81(7,8)9)77(98)91-71(66)92-85(58-39-33-29-34-40-58,59-41-35-30-36-42-59)60-43-45-61(100-19)46-44-60/h28-46,53,55-56,62-65,67,69-70,75H,47-52,54H2,1-27H3,(H,89,99)(H,91,92,98)(H,86,87,90,96)/t62-,63-,64+,65+,67-,69+,70+,75+/m0/s1. The Morgan fingerprint density at radius 2 is 1.13 bits per heavy atom. The van der Waals surface area contributed by atoms with E-state index >= 15 is 4.79 Å². The number of methoxy groups -OCH3 is 1. The van der Waals surface area contributed by atoms with Crippen LogP contribution in [0.25, 0.3) is 11.2 Å². The van der Waals surface area contributed by atoms with Gasteiger partial charge in [0, 0.05) is 43.6 Å². The van der Waals surface area contributed by atoms with Gasteiger partial charge < -0.3 is 57.3 Å². The normalized spacial score (nSPS) is 19.5. The van der Waals surface area contributed by atoms with Crippen LogP contribution in [-0.2, 0) is 47.0 Å². The quantitative estimate of drug-likeness (QED) is 0.0164. The van der Waals surface area contributed by atoms with E-state index in [0.717, 1.165) is 16.7 Å². The van der Waals surface area contributed by atoms with Gasteiger partial charge in [-0.05, 0) is 161 Å². The fraction of sp³-hybridized carbons (Fsp3) is 0.576. The van der Waals surface area contributed by atoms with Crippen molar-refractivity contribution in [1.29, 1.82) is 0 Å². The molecule has 3 aromatic heterocycles. The van der Waals surface area contributed by atoms with E-state index in [-0.39, 0.29) is 58.0 Å². The molecule has 2 saturated heterocycles. The molecular formula is C85H128N10O13SSi4. The zero-order valence-electron chi connectivity index (χ0n) is 72.1. The molecule has 9 rings (SSSR count). The summed E-state index contributed by atoms with van der Waals surface area (Å²) in [5.41, 5.74) is 0.303. The van der Waals surface area contributed by atoms with Crippen molar-refractivity contribution in [3.63, 3.8) is 0 Å². The number of carbonyl (C=O) groups excluding carboxylic acids is 3. The summed E-state index contributed by atoms with van der Waals surface area (Å²) in [6.07, 6.45) is -0.239. The van der Waals surface area contributed by atoms with Crippen molar-refractivity contribution in [1.82, 2.24) is 39.3 Å². The number of anilines is 2. The van der Waals surface area contributed by atoms with E-state index in [1.807, 2.05) is 77.5 Å². The average molecular weight is 1640 g/mol. The number of hydrogen-bond acceptors (Lipinski definition) is 20. The lowest BCUT2D eigenvalue weighted by atomic mass is 9.77. The number of fused-ring (bicyclic) bond motifs is 1. The number of amides is 2. The molecule has 2 aliphatic heterocycles. The minimum Gasteiger partial charge on any atom is -0.497 e. The molecule has 2 fully saturated rings. The maximum atomic E-state index is 15.6. The predicted molar refractivity (Wildman–Crippen MR) is 460 cm³/mol. The molecule has 0 saturated carbocycles. The first-order valence-corrected chi connectivity index (χ1v) is 52.2. The molecule has 28 heteroatoms. The zero-order chi connectivity index (χ0) is 83.5. The minimum atomic E-state index is -2.77. The molecule has 8 atom stereocenters. The van der Waals surface area contributed by atoms with Crippen molar-refractivity contribution in [2.45, 2.75) is 281 Å². The maximum absolute atomic E-state index is 15.6. The summed E-state index contributed by atoms with van der Waals surface area (Å²) in [4.78, 5) is 80.4. The molecule has 0 spiro atoms. The Balaban J connectivity index is 1.21. The van der Waals surface area contributed by atoms with Gasteiger partial charge in [0.2, 0.25) is 0 Å². The molecular weight excluding hydrogens is 1510 g/mol. The summed E-state index contributed by atoms with van der Waals surface area (Å²) in [5, 5.41) is 9.09. The lowest BCUT2D eigenvalue weighted by Crippen LogP contribution is -2.55. The number of hydrogen-bond donors (Lipinski definition) is 3. The molecule has 23 nitrogen and oxygen atoms in total. The summed E-state index contributed by atoms with van der Waals surface area (Å²) >= 11 is 1.51. The topological polar surface area (TPSA) is 252 Å². The van der Waals surface area contributed by atoms with Gasteiger partial charge in [0.1, 0.15) is 71.3 Å². The van der Waals surface area contributed by atoms with Crippen molar-refractivity contribution in [3.05, 3.63) is 167 Å². The molecule has 0 bridgehead atoms. The predicted octanol–water partition coefficient (Wildman–Crippen LogP) is 18.1. The van der Waals surface area contributed by atoms with Gasteiger partial charge in [0.05, 0.1) is 31.0 Å². The van der Waals surface area contributed by atoms with E-state index in [1.54, 1.807) is 83.8 Å². The number of rotatable bonds is 30. The van der Waals surface area contributed by atoms with Gasteiger partial charge in [-0.3, -0.25) is 18.8 Å². The van der Waals surface area contributed by atoms with Crippen molar-refractivity contribution in [2.75, 3.05) is 49.7 Å². The lowest BCUT2D eigenvalue weighted by molar-refractivity contribution is -0.157. The van der Waals surface area contributed by atoms with Crippen LogP contribution in [-0.4, -0.2) is 172 Å². The Bertz CT molecular complexity index is 4380. The van der Waals surface area contributed by atoms with Crippen LogP contribution in [0.15, 0.2) is 144 Å². The summed E-state index contributed by atoms with van der Waals surface area (Å²) in [6.45, 7) is 56.1. The molecule has 0 aliphatic carbocycles. The largest absolute Gasteiger partial charge is 0.497 e. The molecule has 618 valence electrons. The van der Waals surface area contributed by atoms with E-state index in [2.05, 4.69) is 186 Å². The number of nitrogens with one attached hydrogen (secondary N) is 3. The molecule has 2 amide bonds. The van der Waals surface area contributed by atoms with Gasteiger partial charge in [-0.15, -0.1) is 11.8 Å². The van der Waals surface area contributed by atoms with Gasteiger partial charge in [-0.1, -0.05) is 174 Å². The second kappa shape index (κ2) is 35.1. The van der Waals surface area contributed by atoms with Gasteiger partial charge in [-0.25, -0.2) is 29.3 Å². The van der Waals surface area contributed by atoms with Crippen LogP contribution in [0.4, 0.5) is 16.4 Å². The summed E-state index contributed by atoms with van der Waals surface area (Å²) in [7, 11) is -8.65. The van der Waals surface area contributed by atoms with Crippen molar-refractivity contribution < 1.29 is 55.8 Å². The third-order valence-corrected chi connectivity index (χ3v) is 42.1. The SMILES string of the molecule is COc1ccc(C(Nc2nc(=O)n([C@@H]3C[C@H](O[Si](C)(C)C(C)(C)C)[C@@H](CO[Si](C)(C)C(C)(C)C)O3)cc2SCCN(CC[C@H](NC(=O)OC(C)(C)C)C(=O)OC(C)(C)C)C[C@H]2O[C@@H](n3cnc4c(NC(=O)c5ccccc5)ncnc43)[C@H](O[Si](C)(C)C(C)(C)C)[C@@H]2O[Si](C)(C)C(C)(C)C)(c2ccccc2)c2ccccc2)cc1. The van der Waals surface area contributed by atoms with Crippen LogP contribution in [0.5, 0.6) is 5.75 Å². The average Bonchev–Trinajstić information content (AvgIpc) is 1.74. The summed E-state index contributed by atoms with van der Waals surface area (Å²) in [6, 6.07) is 36.0. The number of benzene rings is 4. The van der Waals surface area contributed by atoms with Crippen LogP contribution in [0, 0.1) is 0 Å². The first-order valence-electron chi connectivity index (χ1n) is 39.6. The number of carbonyl (C=O) groups is 3. The summed E-state index contributed by atoms with van der Waals surface area (Å²) in [5.74, 6) is 0.571. The number of ether oxygens (including phenoxy) is 5. The highest BCUT2D eigenvalue weighted by Gasteiger charge is 2.56. The van der Waals surface area contributed by atoms with Crippen molar-refractivity contribution in [3.8, 4) is 5.75 Å². The second-order valence-electron chi connectivity index (χ2n) is 38.1. The van der Waals surface area contributed by atoms with E-state index in [4.69, 9.17) is 56.3 Å². The van der Waals surface area contributed by atoms with Crippen LogP contribution in [0.3, 0.4) is 0 Å². The van der Waals surface area contributed by atoms with Gasteiger partial charge in [-0.2, -0.15) is 4.98 Å². The molecule has 0 radical (unpaired) electrons. The van der Waals surface area contributed by atoms with Crippen LogP contribution in [0.2, 0.25) is 72.5 Å². The van der Waals surface area contributed by atoms with Crippen LogP contribution in [0.1, 0.15) is 177 Å². The third-order valence-electron chi connectivity index (χ3n) is 23.2. The Labute approximate surface area is 679 Å². The molecule has 4 aromatic carbocycles. The van der Waals surface area contributed by atoms with Gasteiger partial charge in [0.25, 0.3) is 5.91 Å². The number of esters is 1. The molecule has 7 aromatic rings. The number of thioether (sulfide) groups is 1. The highest BCUT2D eigenvalue weighted by atomic mass is 32.2. The smallest absolute Gasteiger partial charge is 0.408 e. The van der Waals surface area contributed by atoms with Crippen LogP contribution < -0.4 is 26.4 Å². The Morgan fingerprint density at radius 3 is 1.67 bits per heavy atom. The zero-order valence-corrected chi connectivity index (χ0v) is 76.9. The first kappa shape index (κ1) is 90.0. The third kappa shape index (κ3) is 22.0. The fourth-order valence-corrected chi connectivity index (χ4v) is 18.6. The number of alkyl carbamates (subject to hydrolysis) is 1. The molecule has 0 unspecified atom stereocenters.